The first-order valence-corrected chi connectivity index (χ1v) is 6.00. The number of urea groups is 1. The minimum Gasteiger partial charge on any atom is -0.464 e. The third kappa shape index (κ3) is 3.89. The first-order valence-electron chi connectivity index (χ1n) is 6.00. The second-order valence-corrected chi connectivity index (χ2v) is 4.27. The molecular formula is C11H21N3O3. The third-order valence-electron chi connectivity index (χ3n) is 2.48. The van der Waals surface area contributed by atoms with E-state index in [0.29, 0.717) is 26.2 Å². The first-order chi connectivity index (χ1) is 8.06. The van der Waals surface area contributed by atoms with Crippen LogP contribution in [0.3, 0.4) is 0 Å². The fourth-order valence-corrected chi connectivity index (χ4v) is 1.73. The number of hydrogen-bond donors (Lipinski definition) is 2. The van der Waals surface area contributed by atoms with Crippen molar-refractivity contribution < 1.29 is 14.3 Å². The van der Waals surface area contributed by atoms with Crippen LogP contribution >= 0.6 is 0 Å². The van der Waals surface area contributed by atoms with Crippen LogP contribution in [0.25, 0.3) is 0 Å². The van der Waals surface area contributed by atoms with Crippen molar-refractivity contribution in [1.82, 2.24) is 15.5 Å². The highest BCUT2D eigenvalue weighted by Crippen LogP contribution is 2.06. The summed E-state index contributed by atoms with van der Waals surface area (Å²) in [5.41, 5.74) is 0. The van der Waals surface area contributed by atoms with E-state index < -0.39 is 6.04 Å². The molecule has 6 heteroatoms. The summed E-state index contributed by atoms with van der Waals surface area (Å²) < 4.78 is 4.97. The predicted octanol–water partition coefficient (Wildman–Crippen LogP) is -0.0587. The Hall–Kier alpha value is -1.30. The van der Waals surface area contributed by atoms with Gasteiger partial charge in [0.2, 0.25) is 0 Å². The summed E-state index contributed by atoms with van der Waals surface area (Å²) in [5.74, 6) is -0.349. The minimum atomic E-state index is -0.526. The van der Waals surface area contributed by atoms with E-state index in [1.165, 1.54) is 4.90 Å². The minimum absolute atomic E-state index is 0.0558. The molecule has 0 radical (unpaired) electrons. The molecule has 6 nitrogen and oxygen atoms in total. The Balaban J connectivity index is 2.65. The molecule has 0 bridgehead atoms. The maximum Gasteiger partial charge on any atom is 0.330 e. The number of rotatable bonds is 3. The fraction of sp³-hybridized carbons (Fsp3) is 0.818. The molecule has 0 aromatic carbocycles. The van der Waals surface area contributed by atoms with E-state index in [-0.39, 0.29) is 18.0 Å². The summed E-state index contributed by atoms with van der Waals surface area (Å²) in [5, 5.41) is 5.88. The summed E-state index contributed by atoms with van der Waals surface area (Å²) in [6.07, 6.45) is 0. The summed E-state index contributed by atoms with van der Waals surface area (Å²) in [6, 6.07) is -0.678. The van der Waals surface area contributed by atoms with Gasteiger partial charge in [0.05, 0.1) is 6.61 Å². The average Bonchev–Trinajstić information content (AvgIpc) is 2.28. The van der Waals surface area contributed by atoms with Gasteiger partial charge in [0.1, 0.15) is 6.04 Å². The van der Waals surface area contributed by atoms with Crippen LogP contribution in [0.5, 0.6) is 0 Å². The number of hydrogen-bond acceptors (Lipinski definition) is 4. The van der Waals surface area contributed by atoms with Gasteiger partial charge in [-0.25, -0.2) is 9.59 Å². The van der Waals surface area contributed by atoms with E-state index in [4.69, 9.17) is 4.74 Å². The molecule has 1 saturated heterocycles. The van der Waals surface area contributed by atoms with Gasteiger partial charge in [0.25, 0.3) is 0 Å². The van der Waals surface area contributed by atoms with Crippen molar-refractivity contribution in [1.29, 1.82) is 0 Å². The number of carbonyl (C=O) groups is 2. The molecule has 0 aliphatic carbocycles. The van der Waals surface area contributed by atoms with Gasteiger partial charge in [-0.1, -0.05) is 0 Å². The molecule has 2 amide bonds. The maximum atomic E-state index is 11.9. The molecule has 1 heterocycles. The van der Waals surface area contributed by atoms with Crippen LogP contribution < -0.4 is 10.6 Å². The smallest absolute Gasteiger partial charge is 0.330 e. The van der Waals surface area contributed by atoms with Crippen molar-refractivity contribution in [3.05, 3.63) is 0 Å². The highest BCUT2D eigenvalue weighted by molar-refractivity contribution is 5.84. The molecule has 98 valence electrons. The van der Waals surface area contributed by atoms with Crippen molar-refractivity contribution in [3.8, 4) is 0 Å². The van der Waals surface area contributed by atoms with E-state index in [2.05, 4.69) is 10.6 Å². The SMILES string of the molecule is CCOC(=O)C1CNCCN1C(=O)NC(C)C. The predicted molar refractivity (Wildman–Crippen MR) is 63.7 cm³/mol. The Morgan fingerprint density at radius 3 is 2.82 bits per heavy atom. The van der Waals surface area contributed by atoms with Crippen molar-refractivity contribution in [2.24, 2.45) is 0 Å². The van der Waals surface area contributed by atoms with Crippen LogP contribution in [-0.4, -0.2) is 55.2 Å². The van der Waals surface area contributed by atoms with E-state index in [0.717, 1.165) is 0 Å². The van der Waals surface area contributed by atoms with Crippen LogP contribution in [-0.2, 0) is 9.53 Å². The lowest BCUT2D eigenvalue weighted by atomic mass is 10.2. The number of nitrogens with zero attached hydrogens (tertiary/aromatic N) is 1. The zero-order chi connectivity index (χ0) is 12.8. The van der Waals surface area contributed by atoms with Gasteiger partial charge in [0, 0.05) is 25.7 Å². The molecule has 1 aliphatic heterocycles. The molecular weight excluding hydrogens is 222 g/mol. The normalized spacial score (nSPS) is 20.2. The van der Waals surface area contributed by atoms with Gasteiger partial charge in [-0.15, -0.1) is 0 Å². The molecule has 0 aromatic rings. The van der Waals surface area contributed by atoms with Crippen LogP contribution in [0.15, 0.2) is 0 Å². The number of piperazine rings is 1. The van der Waals surface area contributed by atoms with Crippen molar-refractivity contribution in [2.75, 3.05) is 26.2 Å². The van der Waals surface area contributed by atoms with Crippen molar-refractivity contribution >= 4 is 12.0 Å². The molecule has 17 heavy (non-hydrogen) atoms. The Morgan fingerprint density at radius 2 is 2.24 bits per heavy atom. The summed E-state index contributed by atoms with van der Waals surface area (Å²) in [4.78, 5) is 25.2. The van der Waals surface area contributed by atoms with Gasteiger partial charge in [-0.05, 0) is 20.8 Å². The quantitative estimate of drug-likeness (QED) is 0.681. The van der Waals surface area contributed by atoms with E-state index in [1.54, 1.807) is 6.92 Å². The molecule has 1 fully saturated rings. The Kier molecular flexibility index (Phi) is 5.21. The zero-order valence-corrected chi connectivity index (χ0v) is 10.7. The van der Waals surface area contributed by atoms with Crippen LogP contribution in [0.2, 0.25) is 0 Å². The number of nitrogens with one attached hydrogen (secondary N) is 2. The molecule has 0 saturated carbocycles. The molecule has 0 aromatic heterocycles. The van der Waals surface area contributed by atoms with Gasteiger partial charge in [-0.2, -0.15) is 0 Å². The van der Waals surface area contributed by atoms with E-state index in [1.807, 2.05) is 13.8 Å². The topological polar surface area (TPSA) is 70.7 Å². The number of carbonyl (C=O) groups excluding carboxylic acids is 2. The Labute approximate surface area is 102 Å². The summed E-state index contributed by atoms with van der Waals surface area (Å²) >= 11 is 0. The van der Waals surface area contributed by atoms with Crippen LogP contribution in [0, 0.1) is 0 Å². The Bertz CT molecular complexity index is 281. The number of amides is 2. The number of esters is 1. The fourth-order valence-electron chi connectivity index (χ4n) is 1.73. The van der Waals surface area contributed by atoms with Crippen molar-refractivity contribution in [2.45, 2.75) is 32.9 Å². The summed E-state index contributed by atoms with van der Waals surface area (Å²) in [7, 11) is 0. The average molecular weight is 243 g/mol. The molecule has 1 unspecified atom stereocenters. The third-order valence-corrected chi connectivity index (χ3v) is 2.48. The van der Waals surface area contributed by atoms with Gasteiger partial charge in [-0.3, -0.25) is 0 Å². The van der Waals surface area contributed by atoms with Gasteiger partial charge in [0.15, 0.2) is 0 Å². The second kappa shape index (κ2) is 6.44. The largest absolute Gasteiger partial charge is 0.464 e. The lowest BCUT2D eigenvalue weighted by molar-refractivity contribution is -0.148. The molecule has 1 aliphatic rings. The Morgan fingerprint density at radius 1 is 1.53 bits per heavy atom. The van der Waals surface area contributed by atoms with Crippen LogP contribution in [0.4, 0.5) is 4.79 Å². The lowest BCUT2D eigenvalue weighted by Gasteiger charge is -2.34. The lowest BCUT2D eigenvalue weighted by Crippen LogP contribution is -2.60. The monoisotopic (exact) mass is 243 g/mol. The van der Waals surface area contributed by atoms with Gasteiger partial charge < -0.3 is 20.3 Å². The molecule has 1 rings (SSSR count). The second-order valence-electron chi connectivity index (χ2n) is 4.27. The maximum absolute atomic E-state index is 11.9. The number of ether oxygens (including phenoxy) is 1. The molecule has 1 atom stereocenters. The standard InChI is InChI=1S/C11H21N3O3/c1-4-17-10(15)9-7-12-5-6-14(9)11(16)13-8(2)3/h8-9,12H,4-7H2,1-3H3,(H,13,16). The summed E-state index contributed by atoms with van der Waals surface area (Å²) in [6.45, 7) is 7.52. The highest BCUT2D eigenvalue weighted by Gasteiger charge is 2.33. The molecule has 0 spiro atoms. The van der Waals surface area contributed by atoms with Crippen molar-refractivity contribution in [3.63, 3.8) is 0 Å². The molecule has 2 N–H and O–H groups in total. The van der Waals surface area contributed by atoms with E-state index >= 15 is 0 Å². The van der Waals surface area contributed by atoms with Crippen LogP contribution in [0.1, 0.15) is 20.8 Å². The van der Waals surface area contributed by atoms with Gasteiger partial charge >= 0.3 is 12.0 Å². The zero-order valence-electron chi connectivity index (χ0n) is 10.7. The van der Waals surface area contributed by atoms with E-state index in [9.17, 15) is 9.59 Å². The highest BCUT2D eigenvalue weighted by atomic mass is 16.5. The first kappa shape index (κ1) is 13.8.